The lowest BCUT2D eigenvalue weighted by Gasteiger charge is -2.29. The number of fused-ring (bicyclic) bond motifs is 1. The number of aromatic nitrogens is 2. The molecule has 0 atom stereocenters. The van der Waals surface area contributed by atoms with Gasteiger partial charge in [-0.1, -0.05) is 41.3 Å². The summed E-state index contributed by atoms with van der Waals surface area (Å²) in [5.74, 6) is 1.32. The monoisotopic (exact) mass is 386 g/mol. The third-order valence-corrected chi connectivity index (χ3v) is 6.13. The van der Waals surface area contributed by atoms with Gasteiger partial charge in [0.15, 0.2) is 4.34 Å². The van der Waals surface area contributed by atoms with Gasteiger partial charge >= 0.3 is 0 Å². The number of carbonyl (C=O) groups excluding carboxylic acids is 1. The van der Waals surface area contributed by atoms with Crippen LogP contribution in [0.15, 0.2) is 51.4 Å². The van der Waals surface area contributed by atoms with Gasteiger partial charge in [-0.25, -0.2) is 0 Å². The first-order valence-electron chi connectivity index (χ1n) is 8.40. The summed E-state index contributed by atoms with van der Waals surface area (Å²) in [6, 6.07) is 11.9. The van der Waals surface area contributed by atoms with Gasteiger partial charge in [-0.2, -0.15) is 0 Å². The van der Waals surface area contributed by atoms with Crippen molar-refractivity contribution >= 4 is 39.8 Å². The molecule has 0 bridgehead atoms. The molecule has 6 nitrogen and oxygen atoms in total. The lowest BCUT2D eigenvalue weighted by Crippen LogP contribution is -2.36. The molecule has 0 unspecified atom stereocenters. The average Bonchev–Trinajstić information content (AvgIpc) is 3.35. The second kappa shape index (κ2) is 7.92. The average molecular weight is 387 g/mol. The number of hydrogen-bond acceptors (Lipinski definition) is 7. The van der Waals surface area contributed by atoms with Crippen molar-refractivity contribution in [2.75, 3.05) is 22.5 Å². The van der Waals surface area contributed by atoms with E-state index in [0.717, 1.165) is 40.3 Å². The maximum absolute atomic E-state index is 12.7. The molecule has 0 saturated heterocycles. The Kier molecular flexibility index (Phi) is 5.21. The van der Waals surface area contributed by atoms with Crippen LogP contribution in [0.4, 0.5) is 10.8 Å². The fourth-order valence-corrected chi connectivity index (χ4v) is 4.53. The standard InChI is InChI=1S/C18H18N4O2S2/c23-16(22-9-3-6-13-5-1-2-8-15(13)22)12-25-18-21-20-17(26-18)19-11-14-7-4-10-24-14/h1-2,4-5,7-8,10H,3,6,9,11-12H2,(H,19,20). The number of amides is 1. The highest BCUT2D eigenvalue weighted by Gasteiger charge is 2.22. The third kappa shape index (κ3) is 3.91. The van der Waals surface area contributed by atoms with Gasteiger partial charge in [0.1, 0.15) is 5.76 Å². The molecule has 2 aromatic heterocycles. The zero-order valence-electron chi connectivity index (χ0n) is 14.1. The molecule has 1 amide bonds. The highest BCUT2D eigenvalue weighted by atomic mass is 32.2. The summed E-state index contributed by atoms with van der Waals surface area (Å²) in [6.07, 6.45) is 3.68. The van der Waals surface area contributed by atoms with Gasteiger partial charge in [-0.3, -0.25) is 4.79 Å². The van der Waals surface area contributed by atoms with Crippen molar-refractivity contribution < 1.29 is 9.21 Å². The van der Waals surface area contributed by atoms with Crippen LogP contribution in [0.3, 0.4) is 0 Å². The fraction of sp³-hybridized carbons (Fsp3) is 0.278. The van der Waals surface area contributed by atoms with Crippen molar-refractivity contribution in [2.45, 2.75) is 23.7 Å². The molecule has 4 rings (SSSR count). The van der Waals surface area contributed by atoms with E-state index in [4.69, 9.17) is 4.42 Å². The molecule has 1 aromatic carbocycles. The second-order valence-corrected chi connectivity index (χ2v) is 8.07. The minimum absolute atomic E-state index is 0.113. The Labute approximate surface area is 159 Å². The van der Waals surface area contributed by atoms with E-state index < -0.39 is 0 Å². The fourth-order valence-electron chi connectivity index (χ4n) is 2.91. The van der Waals surface area contributed by atoms with E-state index in [2.05, 4.69) is 21.6 Å². The molecular weight excluding hydrogens is 368 g/mol. The van der Waals surface area contributed by atoms with E-state index in [-0.39, 0.29) is 5.91 Å². The lowest BCUT2D eigenvalue weighted by atomic mass is 10.0. The van der Waals surface area contributed by atoms with Gasteiger partial charge < -0.3 is 14.6 Å². The number of para-hydroxylation sites is 1. The molecule has 134 valence electrons. The summed E-state index contributed by atoms with van der Waals surface area (Å²) in [4.78, 5) is 14.5. The third-order valence-electron chi connectivity index (χ3n) is 4.13. The summed E-state index contributed by atoms with van der Waals surface area (Å²) in [7, 11) is 0. The predicted octanol–water partition coefficient (Wildman–Crippen LogP) is 3.81. The van der Waals surface area contributed by atoms with Gasteiger partial charge in [0, 0.05) is 12.2 Å². The predicted molar refractivity (Wildman–Crippen MR) is 104 cm³/mol. The molecule has 1 aliphatic rings. The van der Waals surface area contributed by atoms with Crippen LogP contribution in [0, 0.1) is 0 Å². The minimum atomic E-state index is 0.113. The number of hydrogen-bond donors (Lipinski definition) is 1. The zero-order valence-corrected chi connectivity index (χ0v) is 15.7. The normalized spacial score (nSPS) is 13.5. The lowest BCUT2D eigenvalue weighted by molar-refractivity contribution is -0.116. The minimum Gasteiger partial charge on any atom is -0.467 e. The van der Waals surface area contributed by atoms with Gasteiger partial charge in [0.25, 0.3) is 0 Å². The van der Waals surface area contributed by atoms with Crippen LogP contribution in [0.25, 0.3) is 0 Å². The van der Waals surface area contributed by atoms with Gasteiger partial charge in [0.05, 0.1) is 18.6 Å². The van der Waals surface area contributed by atoms with E-state index in [9.17, 15) is 4.79 Å². The van der Waals surface area contributed by atoms with E-state index >= 15 is 0 Å². The first kappa shape index (κ1) is 17.1. The summed E-state index contributed by atoms with van der Waals surface area (Å²) >= 11 is 2.88. The van der Waals surface area contributed by atoms with Crippen LogP contribution >= 0.6 is 23.1 Å². The van der Waals surface area contributed by atoms with E-state index in [1.165, 1.54) is 28.7 Å². The number of nitrogens with one attached hydrogen (secondary N) is 1. The van der Waals surface area contributed by atoms with Crippen LogP contribution < -0.4 is 10.2 Å². The Morgan fingerprint density at radius 1 is 1.27 bits per heavy atom. The van der Waals surface area contributed by atoms with Crippen LogP contribution in [0.2, 0.25) is 0 Å². The van der Waals surface area contributed by atoms with Crippen molar-refractivity contribution in [3.05, 3.63) is 54.0 Å². The summed E-state index contributed by atoms with van der Waals surface area (Å²) in [5, 5.41) is 12.2. The first-order valence-corrected chi connectivity index (χ1v) is 10.2. The summed E-state index contributed by atoms with van der Waals surface area (Å²) < 4.78 is 6.06. The van der Waals surface area contributed by atoms with Gasteiger partial charge in [-0.15, -0.1) is 10.2 Å². The molecule has 0 saturated carbocycles. The zero-order chi connectivity index (χ0) is 17.8. The highest BCUT2D eigenvalue weighted by molar-refractivity contribution is 8.01. The number of carbonyl (C=O) groups is 1. The number of thioether (sulfide) groups is 1. The van der Waals surface area contributed by atoms with E-state index in [0.29, 0.717) is 12.3 Å². The molecule has 3 heterocycles. The van der Waals surface area contributed by atoms with Gasteiger partial charge in [-0.05, 0) is 36.6 Å². The van der Waals surface area contributed by atoms with Crippen molar-refractivity contribution in [3.8, 4) is 0 Å². The topological polar surface area (TPSA) is 71.3 Å². The maximum Gasteiger partial charge on any atom is 0.237 e. The SMILES string of the molecule is O=C(CSc1nnc(NCc2ccco2)s1)N1CCCc2ccccc21. The summed E-state index contributed by atoms with van der Waals surface area (Å²) in [6.45, 7) is 1.35. The quantitative estimate of drug-likeness (QED) is 0.650. The molecule has 8 heteroatoms. The molecule has 26 heavy (non-hydrogen) atoms. The Balaban J connectivity index is 1.32. The van der Waals surface area contributed by atoms with Crippen LogP contribution in [0.1, 0.15) is 17.7 Å². The summed E-state index contributed by atoms with van der Waals surface area (Å²) in [5.41, 5.74) is 2.29. The molecule has 0 fully saturated rings. The van der Waals surface area contributed by atoms with Crippen molar-refractivity contribution in [1.82, 2.24) is 10.2 Å². The Morgan fingerprint density at radius 3 is 3.08 bits per heavy atom. The van der Waals surface area contributed by atoms with Crippen molar-refractivity contribution in [2.24, 2.45) is 0 Å². The van der Waals surface area contributed by atoms with Crippen LogP contribution in [-0.4, -0.2) is 28.4 Å². The Bertz CT molecular complexity index is 879. The number of aryl methyl sites for hydroxylation is 1. The highest BCUT2D eigenvalue weighted by Crippen LogP contribution is 2.30. The molecule has 0 spiro atoms. The number of anilines is 2. The van der Waals surface area contributed by atoms with E-state index in [1.807, 2.05) is 35.2 Å². The van der Waals surface area contributed by atoms with Crippen molar-refractivity contribution in [1.29, 1.82) is 0 Å². The number of rotatable bonds is 6. The molecular formula is C18H18N4O2S2. The Hall–Kier alpha value is -2.32. The molecule has 0 radical (unpaired) electrons. The van der Waals surface area contributed by atoms with E-state index in [1.54, 1.807) is 6.26 Å². The number of benzene rings is 1. The molecule has 1 aliphatic heterocycles. The van der Waals surface area contributed by atoms with Crippen molar-refractivity contribution in [3.63, 3.8) is 0 Å². The molecule has 1 N–H and O–H groups in total. The second-order valence-electron chi connectivity index (χ2n) is 5.87. The van der Waals surface area contributed by atoms with Crippen LogP contribution in [-0.2, 0) is 17.8 Å². The van der Waals surface area contributed by atoms with Crippen LogP contribution in [0.5, 0.6) is 0 Å². The number of nitrogens with zero attached hydrogens (tertiary/aromatic N) is 3. The smallest absolute Gasteiger partial charge is 0.237 e. The first-order chi connectivity index (χ1) is 12.8. The maximum atomic E-state index is 12.7. The van der Waals surface area contributed by atoms with Gasteiger partial charge in [0.2, 0.25) is 11.0 Å². The molecule has 0 aliphatic carbocycles. The largest absolute Gasteiger partial charge is 0.467 e. The number of furan rings is 1. The Morgan fingerprint density at radius 2 is 2.19 bits per heavy atom. The molecule has 3 aromatic rings.